The van der Waals surface area contributed by atoms with Crippen molar-refractivity contribution in [1.82, 2.24) is 20.1 Å². The van der Waals surface area contributed by atoms with Crippen molar-refractivity contribution in [3.8, 4) is 0 Å². The Labute approximate surface area is 125 Å². The maximum atomic E-state index is 4.34. The Balaban J connectivity index is 1.94. The van der Waals surface area contributed by atoms with Crippen LogP contribution in [0.1, 0.15) is 31.7 Å². The molecule has 0 unspecified atom stereocenters. The molecule has 2 aromatic rings. The molecule has 1 N–H and O–H groups in total. The minimum atomic E-state index is 0.866. The zero-order chi connectivity index (χ0) is 14.2. The molecule has 1 aromatic heterocycles. The number of aryl methyl sites for hydroxylation is 1. The fraction of sp³-hybridized carbons (Fsp3) is 0.467. The summed E-state index contributed by atoms with van der Waals surface area (Å²) in [5.41, 5.74) is 1.33. The second kappa shape index (κ2) is 8.07. The average molecular weight is 290 g/mol. The van der Waals surface area contributed by atoms with E-state index in [0.29, 0.717) is 0 Å². The minimum absolute atomic E-state index is 0.866. The Morgan fingerprint density at radius 3 is 3.00 bits per heavy atom. The highest BCUT2D eigenvalue weighted by molar-refractivity contribution is 7.98. The number of nitrogens with zero attached hydrogens (tertiary/aromatic N) is 3. The Morgan fingerprint density at radius 2 is 2.20 bits per heavy atom. The van der Waals surface area contributed by atoms with Gasteiger partial charge in [0.2, 0.25) is 0 Å². The van der Waals surface area contributed by atoms with Gasteiger partial charge in [-0.2, -0.15) is 5.10 Å². The van der Waals surface area contributed by atoms with Gasteiger partial charge in [0, 0.05) is 18.0 Å². The Hall–Kier alpha value is -1.33. The monoisotopic (exact) mass is 290 g/mol. The third-order valence-electron chi connectivity index (χ3n) is 2.98. The van der Waals surface area contributed by atoms with Crippen molar-refractivity contribution in [3.63, 3.8) is 0 Å². The lowest BCUT2D eigenvalue weighted by Gasteiger charge is -2.06. The summed E-state index contributed by atoms with van der Waals surface area (Å²) in [4.78, 5) is 5.62. The van der Waals surface area contributed by atoms with Gasteiger partial charge in [-0.15, -0.1) is 11.8 Å². The summed E-state index contributed by atoms with van der Waals surface area (Å²) in [6.07, 6.45) is 2.73. The molecule has 0 aliphatic carbocycles. The molecule has 0 radical (unpaired) electrons. The second-order valence-corrected chi connectivity index (χ2v) is 5.66. The van der Waals surface area contributed by atoms with E-state index in [4.69, 9.17) is 0 Å². The van der Waals surface area contributed by atoms with E-state index in [1.54, 1.807) is 6.33 Å². The van der Waals surface area contributed by atoms with Crippen molar-refractivity contribution in [1.29, 1.82) is 0 Å². The van der Waals surface area contributed by atoms with Crippen LogP contribution < -0.4 is 5.32 Å². The summed E-state index contributed by atoms with van der Waals surface area (Å²) in [5, 5.41) is 7.61. The summed E-state index contributed by atoms with van der Waals surface area (Å²) in [5.74, 6) is 1.92. The van der Waals surface area contributed by atoms with Crippen LogP contribution in [0.2, 0.25) is 0 Å². The molecule has 20 heavy (non-hydrogen) atoms. The third-order valence-corrected chi connectivity index (χ3v) is 3.97. The quantitative estimate of drug-likeness (QED) is 0.759. The van der Waals surface area contributed by atoms with E-state index < -0.39 is 0 Å². The van der Waals surface area contributed by atoms with E-state index in [1.807, 2.05) is 16.4 Å². The maximum absolute atomic E-state index is 4.34. The van der Waals surface area contributed by atoms with Gasteiger partial charge in [-0.1, -0.05) is 26.0 Å². The molecule has 1 aromatic carbocycles. The lowest BCUT2D eigenvalue weighted by molar-refractivity contribution is 0.581. The highest BCUT2D eigenvalue weighted by Crippen LogP contribution is 2.22. The van der Waals surface area contributed by atoms with Crippen molar-refractivity contribution in [2.75, 3.05) is 6.54 Å². The summed E-state index contributed by atoms with van der Waals surface area (Å²) in [6, 6.07) is 8.67. The first kappa shape index (κ1) is 15.1. The Kier molecular flexibility index (Phi) is 6.08. The van der Waals surface area contributed by atoms with Crippen molar-refractivity contribution in [2.24, 2.45) is 0 Å². The predicted molar refractivity (Wildman–Crippen MR) is 83.7 cm³/mol. The molecule has 0 saturated carbocycles. The van der Waals surface area contributed by atoms with Gasteiger partial charge < -0.3 is 5.32 Å². The van der Waals surface area contributed by atoms with Crippen LogP contribution in [0.25, 0.3) is 0 Å². The molecule has 0 spiro atoms. The SMILES string of the molecule is CCCn1ncnc1CSc1cccc(CNCC)c1. The van der Waals surface area contributed by atoms with E-state index in [2.05, 4.69) is 53.5 Å². The molecule has 108 valence electrons. The van der Waals surface area contributed by atoms with E-state index in [-0.39, 0.29) is 0 Å². The maximum Gasteiger partial charge on any atom is 0.138 e. The molecular weight excluding hydrogens is 268 g/mol. The summed E-state index contributed by atoms with van der Waals surface area (Å²) in [6.45, 7) is 7.15. The first-order valence-electron chi connectivity index (χ1n) is 7.12. The predicted octanol–water partition coefficient (Wildman–Crippen LogP) is 3.09. The normalized spacial score (nSPS) is 10.9. The highest BCUT2D eigenvalue weighted by atomic mass is 32.2. The Morgan fingerprint density at radius 1 is 1.30 bits per heavy atom. The van der Waals surface area contributed by atoms with Gasteiger partial charge in [0.1, 0.15) is 12.2 Å². The van der Waals surface area contributed by atoms with Crippen LogP contribution in [-0.4, -0.2) is 21.3 Å². The largest absolute Gasteiger partial charge is 0.313 e. The van der Waals surface area contributed by atoms with Gasteiger partial charge >= 0.3 is 0 Å². The van der Waals surface area contributed by atoms with Crippen molar-refractivity contribution in [3.05, 3.63) is 42.0 Å². The number of hydrogen-bond donors (Lipinski definition) is 1. The molecule has 0 aliphatic heterocycles. The number of thioether (sulfide) groups is 1. The van der Waals surface area contributed by atoms with Crippen molar-refractivity contribution >= 4 is 11.8 Å². The van der Waals surface area contributed by atoms with Gasteiger partial charge in [-0.3, -0.25) is 0 Å². The van der Waals surface area contributed by atoms with E-state index in [1.165, 1.54) is 10.5 Å². The number of benzene rings is 1. The zero-order valence-corrected chi connectivity index (χ0v) is 13.0. The molecule has 0 bridgehead atoms. The van der Waals surface area contributed by atoms with Crippen LogP contribution in [0.3, 0.4) is 0 Å². The van der Waals surface area contributed by atoms with E-state index >= 15 is 0 Å². The smallest absolute Gasteiger partial charge is 0.138 e. The van der Waals surface area contributed by atoms with Crippen LogP contribution in [0.4, 0.5) is 0 Å². The molecule has 0 aliphatic rings. The van der Waals surface area contributed by atoms with Crippen LogP contribution in [0.15, 0.2) is 35.5 Å². The summed E-state index contributed by atoms with van der Waals surface area (Å²) < 4.78 is 2.00. The minimum Gasteiger partial charge on any atom is -0.313 e. The van der Waals surface area contributed by atoms with Crippen molar-refractivity contribution < 1.29 is 0 Å². The molecular formula is C15H22N4S. The Bertz CT molecular complexity index is 524. The van der Waals surface area contributed by atoms with Gasteiger partial charge in [0.25, 0.3) is 0 Å². The van der Waals surface area contributed by atoms with E-state index in [9.17, 15) is 0 Å². The molecule has 4 nitrogen and oxygen atoms in total. The third kappa shape index (κ3) is 4.35. The molecule has 0 fully saturated rings. The lowest BCUT2D eigenvalue weighted by Crippen LogP contribution is -2.11. The van der Waals surface area contributed by atoms with Crippen LogP contribution in [0.5, 0.6) is 0 Å². The molecule has 1 heterocycles. The van der Waals surface area contributed by atoms with E-state index in [0.717, 1.165) is 37.6 Å². The fourth-order valence-electron chi connectivity index (χ4n) is 1.96. The van der Waals surface area contributed by atoms with Crippen LogP contribution >= 0.6 is 11.8 Å². The second-order valence-electron chi connectivity index (χ2n) is 4.62. The standard InChI is InChI=1S/C15H22N4S/c1-3-8-19-15(17-12-18-19)11-20-14-7-5-6-13(9-14)10-16-4-2/h5-7,9,12,16H,3-4,8,10-11H2,1-2H3. The molecule has 0 atom stereocenters. The molecule has 2 rings (SSSR count). The number of aromatic nitrogens is 3. The molecule has 0 amide bonds. The van der Waals surface area contributed by atoms with Gasteiger partial charge in [-0.25, -0.2) is 9.67 Å². The number of nitrogens with one attached hydrogen (secondary N) is 1. The zero-order valence-electron chi connectivity index (χ0n) is 12.2. The van der Waals surface area contributed by atoms with Crippen molar-refractivity contribution in [2.45, 2.75) is 44.0 Å². The van der Waals surface area contributed by atoms with Gasteiger partial charge in [-0.05, 0) is 30.7 Å². The topological polar surface area (TPSA) is 42.7 Å². The van der Waals surface area contributed by atoms with Gasteiger partial charge in [0.05, 0.1) is 5.75 Å². The molecule has 0 saturated heterocycles. The van der Waals surface area contributed by atoms with Crippen LogP contribution in [0, 0.1) is 0 Å². The van der Waals surface area contributed by atoms with Crippen LogP contribution in [-0.2, 0) is 18.8 Å². The average Bonchev–Trinajstić information content (AvgIpc) is 2.91. The number of rotatable bonds is 8. The first-order valence-corrected chi connectivity index (χ1v) is 8.11. The highest BCUT2D eigenvalue weighted by Gasteiger charge is 2.04. The summed E-state index contributed by atoms with van der Waals surface area (Å²) in [7, 11) is 0. The fourth-order valence-corrected chi connectivity index (χ4v) is 2.89. The lowest BCUT2D eigenvalue weighted by atomic mass is 10.2. The van der Waals surface area contributed by atoms with Gasteiger partial charge in [0.15, 0.2) is 0 Å². The molecule has 5 heteroatoms. The first-order chi connectivity index (χ1) is 9.83. The summed E-state index contributed by atoms with van der Waals surface area (Å²) >= 11 is 1.81. The number of hydrogen-bond acceptors (Lipinski definition) is 4.